The molecule has 90 valence electrons. The van der Waals surface area contributed by atoms with Crippen molar-refractivity contribution in [3.8, 4) is 0 Å². The topological polar surface area (TPSA) is 64.3 Å². The number of hydrogen-bond donors (Lipinski definition) is 2. The molecule has 4 nitrogen and oxygen atoms in total. The summed E-state index contributed by atoms with van der Waals surface area (Å²) in [4.78, 5) is 10.9. The molecule has 1 amide bonds. The van der Waals surface area contributed by atoms with Crippen LogP contribution in [0, 0.1) is 0 Å². The van der Waals surface area contributed by atoms with Gasteiger partial charge in [-0.15, -0.1) is 0 Å². The Morgan fingerprint density at radius 1 is 1.40 bits per heavy atom. The summed E-state index contributed by atoms with van der Waals surface area (Å²) in [5.41, 5.74) is 5.10. The van der Waals surface area contributed by atoms with Crippen molar-refractivity contribution in [2.45, 2.75) is 19.0 Å². The minimum Gasteiger partial charge on any atom is -0.370 e. The molecule has 7 heteroatoms. The standard InChI is InChI=1S/C8H15F3N2O2/c9-8(10,11)2-1-4-13-7(14)6-15-5-3-12/h1-6,12H2,(H,13,14). The highest BCUT2D eigenvalue weighted by Crippen LogP contribution is 2.20. The molecule has 0 aliphatic heterocycles. The molecule has 0 saturated heterocycles. The average molecular weight is 228 g/mol. The largest absolute Gasteiger partial charge is 0.389 e. The summed E-state index contributed by atoms with van der Waals surface area (Å²) in [6.07, 6.45) is -5.18. The van der Waals surface area contributed by atoms with Gasteiger partial charge >= 0.3 is 6.18 Å². The first kappa shape index (κ1) is 14.2. The second-order valence-electron chi connectivity index (χ2n) is 2.91. The van der Waals surface area contributed by atoms with E-state index in [9.17, 15) is 18.0 Å². The summed E-state index contributed by atoms with van der Waals surface area (Å²) >= 11 is 0. The molecule has 0 aromatic rings. The van der Waals surface area contributed by atoms with E-state index in [1.807, 2.05) is 0 Å². The Morgan fingerprint density at radius 2 is 2.07 bits per heavy atom. The van der Waals surface area contributed by atoms with Crippen LogP contribution < -0.4 is 11.1 Å². The van der Waals surface area contributed by atoms with Crippen molar-refractivity contribution in [2.75, 3.05) is 26.3 Å². The Kier molecular flexibility index (Phi) is 7.06. The monoisotopic (exact) mass is 228 g/mol. The summed E-state index contributed by atoms with van der Waals surface area (Å²) in [5.74, 6) is -0.425. The van der Waals surface area contributed by atoms with Gasteiger partial charge in [-0.1, -0.05) is 0 Å². The van der Waals surface area contributed by atoms with Gasteiger partial charge in [0.1, 0.15) is 6.61 Å². The number of halogens is 3. The minimum atomic E-state index is -4.17. The van der Waals surface area contributed by atoms with Gasteiger partial charge in [0.15, 0.2) is 0 Å². The van der Waals surface area contributed by atoms with E-state index in [1.165, 1.54) is 0 Å². The number of rotatable bonds is 7. The van der Waals surface area contributed by atoms with E-state index in [1.54, 1.807) is 0 Å². The number of hydrogen-bond acceptors (Lipinski definition) is 3. The second kappa shape index (κ2) is 7.47. The van der Waals surface area contributed by atoms with E-state index < -0.39 is 18.5 Å². The lowest BCUT2D eigenvalue weighted by Crippen LogP contribution is -2.30. The molecule has 0 fully saturated rings. The maximum atomic E-state index is 11.7. The molecule has 0 saturated carbocycles. The highest BCUT2D eigenvalue weighted by Gasteiger charge is 2.25. The van der Waals surface area contributed by atoms with Crippen LogP contribution in [0.2, 0.25) is 0 Å². The molecular formula is C8H15F3N2O2. The predicted molar refractivity (Wildman–Crippen MR) is 48.2 cm³/mol. The molecular weight excluding hydrogens is 213 g/mol. The highest BCUT2D eigenvalue weighted by atomic mass is 19.4. The quantitative estimate of drug-likeness (QED) is 0.621. The zero-order chi connectivity index (χ0) is 11.7. The first-order chi connectivity index (χ1) is 6.95. The number of ether oxygens (including phenoxy) is 1. The van der Waals surface area contributed by atoms with Crippen molar-refractivity contribution in [1.29, 1.82) is 0 Å². The van der Waals surface area contributed by atoms with Crippen LogP contribution in [0.25, 0.3) is 0 Å². The molecule has 0 aliphatic carbocycles. The predicted octanol–water partition coefficient (Wildman–Crippen LogP) is 0.420. The molecule has 0 rings (SSSR count). The maximum absolute atomic E-state index is 11.7. The van der Waals surface area contributed by atoms with Gasteiger partial charge in [0.2, 0.25) is 5.91 Å². The van der Waals surface area contributed by atoms with Gasteiger partial charge in [-0.3, -0.25) is 4.79 Å². The SMILES string of the molecule is NCCOCC(=O)NCCCC(F)(F)F. The third kappa shape index (κ3) is 11.1. The zero-order valence-corrected chi connectivity index (χ0v) is 8.27. The van der Waals surface area contributed by atoms with Crippen LogP contribution in [0.5, 0.6) is 0 Å². The van der Waals surface area contributed by atoms with Crippen molar-refractivity contribution in [3.05, 3.63) is 0 Å². The van der Waals surface area contributed by atoms with E-state index in [4.69, 9.17) is 10.5 Å². The molecule has 0 unspecified atom stereocenters. The Bertz CT molecular complexity index is 185. The Hall–Kier alpha value is -0.820. The van der Waals surface area contributed by atoms with Gasteiger partial charge in [-0.05, 0) is 6.42 Å². The summed E-state index contributed by atoms with van der Waals surface area (Å²) in [6, 6.07) is 0. The van der Waals surface area contributed by atoms with Crippen molar-refractivity contribution in [2.24, 2.45) is 5.73 Å². The number of nitrogens with two attached hydrogens (primary N) is 1. The van der Waals surface area contributed by atoms with Crippen molar-refractivity contribution in [3.63, 3.8) is 0 Å². The Labute approximate surface area is 86.0 Å². The molecule has 0 aliphatic rings. The molecule has 0 bridgehead atoms. The van der Waals surface area contributed by atoms with Crippen molar-refractivity contribution < 1.29 is 22.7 Å². The summed E-state index contributed by atoms with van der Waals surface area (Å²) in [6.45, 7) is 0.408. The van der Waals surface area contributed by atoms with E-state index in [0.717, 1.165) is 0 Å². The zero-order valence-electron chi connectivity index (χ0n) is 8.27. The van der Waals surface area contributed by atoms with E-state index in [2.05, 4.69) is 5.32 Å². The van der Waals surface area contributed by atoms with Crippen molar-refractivity contribution >= 4 is 5.91 Å². The molecule has 0 aromatic heterocycles. The normalized spacial score (nSPS) is 11.5. The number of alkyl halides is 3. The van der Waals surface area contributed by atoms with Gasteiger partial charge in [0.25, 0.3) is 0 Å². The number of amides is 1. The van der Waals surface area contributed by atoms with Crippen LogP contribution in [0.15, 0.2) is 0 Å². The van der Waals surface area contributed by atoms with Gasteiger partial charge in [-0.2, -0.15) is 13.2 Å². The first-order valence-electron chi connectivity index (χ1n) is 4.57. The maximum Gasteiger partial charge on any atom is 0.389 e. The van der Waals surface area contributed by atoms with Crippen LogP contribution in [0.3, 0.4) is 0 Å². The van der Waals surface area contributed by atoms with Crippen LogP contribution in [0.1, 0.15) is 12.8 Å². The number of nitrogens with one attached hydrogen (secondary N) is 1. The number of carbonyl (C=O) groups excluding carboxylic acids is 1. The minimum absolute atomic E-state index is 0.00429. The van der Waals surface area contributed by atoms with Crippen LogP contribution in [-0.4, -0.2) is 38.4 Å². The lowest BCUT2D eigenvalue weighted by atomic mass is 10.3. The smallest absolute Gasteiger partial charge is 0.370 e. The van der Waals surface area contributed by atoms with Crippen LogP contribution >= 0.6 is 0 Å². The number of carbonyl (C=O) groups is 1. The summed E-state index contributed by atoms with van der Waals surface area (Å²) in [5, 5.41) is 2.31. The van der Waals surface area contributed by atoms with Gasteiger partial charge in [0.05, 0.1) is 6.61 Å². The lowest BCUT2D eigenvalue weighted by Gasteiger charge is -2.07. The average Bonchev–Trinajstić information content (AvgIpc) is 2.11. The van der Waals surface area contributed by atoms with Gasteiger partial charge < -0.3 is 15.8 Å². The fraction of sp³-hybridized carbons (Fsp3) is 0.875. The lowest BCUT2D eigenvalue weighted by molar-refractivity contribution is -0.136. The molecule has 3 N–H and O–H groups in total. The molecule has 15 heavy (non-hydrogen) atoms. The van der Waals surface area contributed by atoms with Gasteiger partial charge in [-0.25, -0.2) is 0 Å². The second-order valence-corrected chi connectivity index (χ2v) is 2.91. The fourth-order valence-electron chi connectivity index (χ4n) is 0.816. The summed E-state index contributed by atoms with van der Waals surface area (Å²) < 4.78 is 39.8. The third-order valence-electron chi connectivity index (χ3n) is 1.45. The molecule has 0 spiro atoms. The summed E-state index contributed by atoms with van der Waals surface area (Å²) in [7, 11) is 0. The Balaban J connectivity index is 3.32. The molecule has 0 radical (unpaired) electrons. The van der Waals surface area contributed by atoms with E-state index in [0.29, 0.717) is 6.54 Å². The van der Waals surface area contributed by atoms with Crippen molar-refractivity contribution in [1.82, 2.24) is 5.32 Å². The molecule has 0 heterocycles. The van der Waals surface area contributed by atoms with Gasteiger partial charge in [0, 0.05) is 19.5 Å². The van der Waals surface area contributed by atoms with E-state index >= 15 is 0 Å². The molecule has 0 atom stereocenters. The first-order valence-corrected chi connectivity index (χ1v) is 4.57. The third-order valence-corrected chi connectivity index (χ3v) is 1.45. The highest BCUT2D eigenvalue weighted by molar-refractivity contribution is 5.77. The van der Waals surface area contributed by atoms with Crippen LogP contribution in [0.4, 0.5) is 13.2 Å². The fourth-order valence-corrected chi connectivity index (χ4v) is 0.816. The van der Waals surface area contributed by atoms with Crippen LogP contribution in [-0.2, 0) is 9.53 Å². The Morgan fingerprint density at radius 3 is 2.60 bits per heavy atom. The molecule has 0 aromatic carbocycles. The van der Waals surface area contributed by atoms with E-state index in [-0.39, 0.29) is 26.2 Å².